The van der Waals surface area contributed by atoms with Gasteiger partial charge in [-0.05, 0) is 12.1 Å². The van der Waals surface area contributed by atoms with E-state index in [9.17, 15) is 13.6 Å². The normalized spacial score (nSPS) is 10.6. The fraction of sp³-hybridized carbons (Fsp3) is 0.0909. The van der Waals surface area contributed by atoms with Gasteiger partial charge in [-0.15, -0.1) is 0 Å². The van der Waals surface area contributed by atoms with Crippen LogP contribution in [0.25, 0.3) is 0 Å². The predicted octanol–water partition coefficient (Wildman–Crippen LogP) is 0.979. The first kappa shape index (κ1) is 15.0. The highest BCUT2D eigenvalue weighted by Crippen LogP contribution is 2.21. The first-order valence-electron chi connectivity index (χ1n) is 5.06. The molecule has 0 bridgehead atoms. The number of nitrogens with two attached hydrogens (primary N) is 1. The maximum Gasteiger partial charge on any atom is 0.340 e. The Hall–Kier alpha value is -3.02. The summed E-state index contributed by atoms with van der Waals surface area (Å²) in [5.74, 6) is -4.46. The number of esters is 1. The maximum atomic E-state index is 13.6. The van der Waals surface area contributed by atoms with Gasteiger partial charge in [0.15, 0.2) is 17.5 Å². The van der Waals surface area contributed by atoms with Crippen LogP contribution in [-0.4, -0.2) is 24.6 Å². The average Bonchev–Trinajstić information content (AvgIpc) is 2.42. The standard InChI is InChI=1S/C11H9F2N5O2/c1-20-11(19)5-2-3-6(9(13)8(5)12)17-18-7(4-14)10(15)16/h2-3,17H,1H3,(H3,15,16)/b18-7+. The van der Waals surface area contributed by atoms with Crippen LogP contribution in [0, 0.1) is 28.4 Å². The van der Waals surface area contributed by atoms with Gasteiger partial charge in [-0.25, -0.2) is 13.6 Å². The number of benzene rings is 1. The molecule has 0 fully saturated rings. The van der Waals surface area contributed by atoms with E-state index in [-0.39, 0.29) is 0 Å². The van der Waals surface area contributed by atoms with E-state index in [2.05, 4.69) is 9.84 Å². The Balaban J connectivity index is 3.12. The van der Waals surface area contributed by atoms with E-state index in [0.29, 0.717) is 0 Å². The average molecular weight is 281 g/mol. The number of carbonyl (C=O) groups excluding carboxylic acids is 1. The van der Waals surface area contributed by atoms with Crippen LogP contribution in [0.1, 0.15) is 10.4 Å². The first-order valence-corrected chi connectivity index (χ1v) is 5.06. The Morgan fingerprint density at radius 2 is 2.15 bits per heavy atom. The minimum Gasteiger partial charge on any atom is -0.465 e. The molecule has 104 valence electrons. The molecule has 0 aliphatic heterocycles. The summed E-state index contributed by atoms with van der Waals surface area (Å²) in [7, 11) is 1.03. The Bertz CT molecular complexity index is 636. The number of nitrogens with zero attached hydrogens (tertiary/aromatic N) is 2. The molecular weight excluding hydrogens is 272 g/mol. The van der Waals surface area contributed by atoms with Crippen molar-refractivity contribution in [2.45, 2.75) is 0 Å². The van der Waals surface area contributed by atoms with Gasteiger partial charge in [0.1, 0.15) is 6.07 Å². The van der Waals surface area contributed by atoms with Crippen LogP contribution in [0.5, 0.6) is 0 Å². The van der Waals surface area contributed by atoms with Gasteiger partial charge in [0, 0.05) is 0 Å². The molecule has 1 rings (SSSR count). The van der Waals surface area contributed by atoms with Gasteiger partial charge in [0.25, 0.3) is 0 Å². The highest BCUT2D eigenvalue weighted by atomic mass is 19.2. The third-order valence-corrected chi connectivity index (χ3v) is 2.14. The van der Waals surface area contributed by atoms with Gasteiger partial charge in [0.05, 0.1) is 18.4 Å². The summed E-state index contributed by atoms with van der Waals surface area (Å²) in [6.45, 7) is 0. The second-order valence-electron chi connectivity index (χ2n) is 3.38. The van der Waals surface area contributed by atoms with Crippen LogP contribution in [0.4, 0.5) is 14.5 Å². The van der Waals surface area contributed by atoms with Gasteiger partial charge in [-0.1, -0.05) is 0 Å². The van der Waals surface area contributed by atoms with Crippen molar-refractivity contribution >= 4 is 23.2 Å². The smallest absolute Gasteiger partial charge is 0.340 e. The molecule has 1 aromatic rings. The SMILES string of the molecule is COC(=O)c1ccc(N/N=C(\C#N)C(=N)N)c(F)c1F. The maximum absolute atomic E-state index is 13.6. The number of methoxy groups -OCH3 is 1. The second kappa shape index (κ2) is 6.24. The number of hydrazone groups is 1. The largest absolute Gasteiger partial charge is 0.465 e. The molecule has 0 amide bonds. The zero-order chi connectivity index (χ0) is 15.3. The van der Waals surface area contributed by atoms with Gasteiger partial charge < -0.3 is 10.5 Å². The molecule has 7 nitrogen and oxygen atoms in total. The van der Waals surface area contributed by atoms with Crippen LogP contribution in [0.3, 0.4) is 0 Å². The summed E-state index contributed by atoms with van der Waals surface area (Å²) < 4.78 is 31.5. The molecule has 0 spiro atoms. The zero-order valence-electron chi connectivity index (χ0n) is 10.2. The van der Waals surface area contributed by atoms with Crippen molar-refractivity contribution in [2.75, 3.05) is 12.5 Å². The monoisotopic (exact) mass is 281 g/mol. The van der Waals surface area contributed by atoms with Crippen molar-refractivity contribution in [3.05, 3.63) is 29.3 Å². The van der Waals surface area contributed by atoms with Crippen LogP contribution in [-0.2, 0) is 4.74 Å². The van der Waals surface area contributed by atoms with E-state index in [1.54, 1.807) is 0 Å². The molecule has 0 heterocycles. The fourth-order valence-corrected chi connectivity index (χ4v) is 1.16. The highest BCUT2D eigenvalue weighted by molar-refractivity contribution is 6.45. The summed E-state index contributed by atoms with van der Waals surface area (Å²) in [5.41, 5.74) is 5.57. The molecule has 1 aromatic carbocycles. The number of hydrogen-bond acceptors (Lipinski definition) is 6. The van der Waals surface area contributed by atoms with Crippen LogP contribution >= 0.6 is 0 Å². The Kier molecular flexibility index (Phi) is 4.69. The van der Waals surface area contributed by atoms with Crippen molar-refractivity contribution in [1.29, 1.82) is 10.7 Å². The lowest BCUT2D eigenvalue weighted by atomic mass is 10.2. The third-order valence-electron chi connectivity index (χ3n) is 2.14. The second-order valence-corrected chi connectivity index (χ2v) is 3.38. The van der Waals surface area contributed by atoms with Gasteiger partial charge >= 0.3 is 5.97 Å². The van der Waals surface area contributed by atoms with Crippen LogP contribution < -0.4 is 11.2 Å². The fourth-order valence-electron chi connectivity index (χ4n) is 1.16. The first-order chi connectivity index (χ1) is 9.42. The van der Waals surface area contributed by atoms with E-state index < -0.39 is 40.4 Å². The summed E-state index contributed by atoms with van der Waals surface area (Å²) >= 11 is 0. The summed E-state index contributed by atoms with van der Waals surface area (Å²) in [6, 6.07) is 3.51. The molecule has 0 radical (unpaired) electrons. The molecule has 0 saturated carbocycles. The number of halogens is 2. The molecule has 4 N–H and O–H groups in total. The lowest BCUT2D eigenvalue weighted by Crippen LogP contribution is -2.22. The zero-order valence-corrected chi connectivity index (χ0v) is 10.2. The quantitative estimate of drug-likeness (QED) is 0.328. The van der Waals surface area contributed by atoms with E-state index >= 15 is 0 Å². The summed E-state index contributed by atoms with van der Waals surface area (Å²) in [5, 5.41) is 18.9. The van der Waals surface area contributed by atoms with Crippen molar-refractivity contribution in [2.24, 2.45) is 10.8 Å². The lowest BCUT2D eigenvalue weighted by molar-refractivity contribution is 0.0594. The van der Waals surface area contributed by atoms with Crippen molar-refractivity contribution in [3.63, 3.8) is 0 Å². The molecule has 0 aliphatic carbocycles. The number of rotatable bonds is 4. The van der Waals surface area contributed by atoms with E-state index in [4.69, 9.17) is 16.4 Å². The number of ether oxygens (including phenoxy) is 1. The topological polar surface area (TPSA) is 124 Å². The number of anilines is 1. The number of hydrogen-bond donors (Lipinski definition) is 3. The van der Waals surface area contributed by atoms with Gasteiger partial charge in [-0.3, -0.25) is 10.8 Å². The minimum absolute atomic E-state index is 0.427. The van der Waals surface area contributed by atoms with E-state index in [0.717, 1.165) is 19.2 Å². The lowest BCUT2D eigenvalue weighted by Gasteiger charge is -2.06. The van der Waals surface area contributed by atoms with Crippen LogP contribution in [0.15, 0.2) is 17.2 Å². The number of carbonyl (C=O) groups is 1. The molecule has 20 heavy (non-hydrogen) atoms. The van der Waals surface area contributed by atoms with Crippen molar-refractivity contribution in [1.82, 2.24) is 0 Å². The summed E-state index contributed by atoms with van der Waals surface area (Å²) in [4.78, 5) is 11.1. The van der Waals surface area contributed by atoms with E-state index in [1.165, 1.54) is 6.07 Å². The Morgan fingerprint density at radius 3 is 2.65 bits per heavy atom. The summed E-state index contributed by atoms with van der Waals surface area (Å²) in [6.07, 6.45) is 0. The van der Waals surface area contributed by atoms with Crippen molar-refractivity contribution in [3.8, 4) is 6.07 Å². The third kappa shape index (κ3) is 3.05. The van der Waals surface area contributed by atoms with Gasteiger partial charge in [0.2, 0.25) is 5.71 Å². The molecule has 0 atom stereocenters. The van der Waals surface area contributed by atoms with Gasteiger partial charge in [-0.2, -0.15) is 10.4 Å². The Labute approximate surface area is 112 Å². The number of amidine groups is 1. The molecule has 9 heteroatoms. The molecule has 0 aliphatic rings. The molecule has 0 unspecified atom stereocenters. The molecule has 0 saturated heterocycles. The predicted molar refractivity (Wildman–Crippen MR) is 66.3 cm³/mol. The van der Waals surface area contributed by atoms with Crippen LogP contribution in [0.2, 0.25) is 0 Å². The minimum atomic E-state index is -1.42. The highest BCUT2D eigenvalue weighted by Gasteiger charge is 2.19. The number of nitrogens with one attached hydrogen (secondary N) is 2. The number of nitriles is 1. The Morgan fingerprint density at radius 1 is 1.50 bits per heavy atom. The molecule has 0 aromatic heterocycles. The van der Waals surface area contributed by atoms with E-state index in [1.807, 2.05) is 5.43 Å². The van der Waals surface area contributed by atoms with Crippen molar-refractivity contribution < 1.29 is 18.3 Å². The molecular formula is C11H9F2N5O2.